The molecule has 0 unspecified atom stereocenters. The summed E-state index contributed by atoms with van der Waals surface area (Å²) in [6, 6.07) is 22.1. The largest absolute Gasteiger partial charge is 0.488 e. The first kappa shape index (κ1) is 19.3. The lowest BCUT2D eigenvalue weighted by atomic mass is 9.99. The molecule has 0 aliphatic heterocycles. The van der Waals surface area contributed by atoms with Gasteiger partial charge in [0.2, 0.25) is 0 Å². The van der Waals surface area contributed by atoms with Crippen LogP contribution in [-0.4, -0.2) is 0 Å². The van der Waals surface area contributed by atoms with Gasteiger partial charge in [0, 0.05) is 22.7 Å². The van der Waals surface area contributed by atoms with Gasteiger partial charge in [0.05, 0.1) is 0 Å². The molecule has 0 saturated heterocycles. The van der Waals surface area contributed by atoms with Crippen LogP contribution in [0.1, 0.15) is 16.7 Å². The van der Waals surface area contributed by atoms with E-state index in [9.17, 15) is 0 Å². The van der Waals surface area contributed by atoms with E-state index in [2.05, 4.69) is 24.3 Å². The second-order valence-corrected chi connectivity index (χ2v) is 6.15. The fourth-order valence-electron chi connectivity index (χ4n) is 2.79. The van der Waals surface area contributed by atoms with Crippen LogP contribution in [0.3, 0.4) is 0 Å². The Labute approximate surface area is 160 Å². The van der Waals surface area contributed by atoms with Gasteiger partial charge in [-0.05, 0) is 41.8 Å². The molecule has 3 rings (SSSR count). The highest BCUT2D eigenvalue weighted by atomic mass is 35.5. The fourth-order valence-corrected chi connectivity index (χ4v) is 3.03. The van der Waals surface area contributed by atoms with Crippen molar-refractivity contribution in [1.82, 2.24) is 0 Å². The molecule has 130 valence electrons. The molecular weight excluding hydrogens is 353 g/mol. The first-order valence-electron chi connectivity index (χ1n) is 7.94. The van der Waals surface area contributed by atoms with Gasteiger partial charge in [-0.2, -0.15) is 0 Å². The van der Waals surface area contributed by atoms with Crippen LogP contribution in [0.5, 0.6) is 5.75 Å². The molecule has 0 spiro atoms. The van der Waals surface area contributed by atoms with Gasteiger partial charge >= 0.3 is 0 Å². The maximum Gasteiger partial charge on any atom is 0.127 e. The summed E-state index contributed by atoms with van der Waals surface area (Å²) in [4.78, 5) is 0. The molecule has 0 heterocycles. The first-order chi connectivity index (χ1) is 11.7. The van der Waals surface area contributed by atoms with Crippen LogP contribution in [0.15, 0.2) is 66.7 Å². The topological polar surface area (TPSA) is 35.2 Å². The van der Waals surface area contributed by atoms with E-state index in [4.69, 9.17) is 22.1 Å². The van der Waals surface area contributed by atoms with Crippen LogP contribution in [0.25, 0.3) is 11.1 Å². The third-order valence-electron chi connectivity index (χ3n) is 3.98. The van der Waals surface area contributed by atoms with Gasteiger partial charge < -0.3 is 10.5 Å². The van der Waals surface area contributed by atoms with E-state index in [1.165, 1.54) is 0 Å². The molecule has 0 saturated carbocycles. The van der Waals surface area contributed by atoms with Gasteiger partial charge in [0.15, 0.2) is 0 Å². The standard InChI is InChI=1S/C21H20ClNO.ClH/c1-15-11-17(19-9-5-6-10-20(19)22)12-18(13-23)21(15)24-14-16-7-3-2-4-8-16;/h2-12H,13-14,23H2,1H3;1H. The Morgan fingerprint density at radius 2 is 1.64 bits per heavy atom. The second-order valence-electron chi connectivity index (χ2n) is 5.74. The van der Waals surface area contributed by atoms with Crippen molar-refractivity contribution in [2.24, 2.45) is 5.73 Å². The van der Waals surface area contributed by atoms with Gasteiger partial charge in [0.25, 0.3) is 0 Å². The zero-order chi connectivity index (χ0) is 16.9. The predicted molar refractivity (Wildman–Crippen MR) is 108 cm³/mol. The molecular formula is C21H21Cl2NO. The van der Waals surface area contributed by atoms with Crippen molar-refractivity contribution in [3.8, 4) is 16.9 Å². The molecule has 25 heavy (non-hydrogen) atoms. The number of halogens is 2. The summed E-state index contributed by atoms with van der Waals surface area (Å²) in [7, 11) is 0. The lowest BCUT2D eigenvalue weighted by Gasteiger charge is -2.16. The SMILES string of the molecule is Cc1cc(-c2ccccc2Cl)cc(CN)c1OCc1ccccc1.Cl. The summed E-state index contributed by atoms with van der Waals surface area (Å²) in [5.41, 5.74) is 11.2. The van der Waals surface area contributed by atoms with E-state index < -0.39 is 0 Å². The second kappa shape index (κ2) is 8.91. The minimum Gasteiger partial charge on any atom is -0.488 e. The van der Waals surface area contributed by atoms with E-state index in [1.54, 1.807) is 0 Å². The smallest absolute Gasteiger partial charge is 0.127 e. The quantitative estimate of drug-likeness (QED) is 0.615. The molecule has 3 aromatic rings. The van der Waals surface area contributed by atoms with Crippen molar-refractivity contribution >= 4 is 24.0 Å². The van der Waals surface area contributed by atoms with Gasteiger partial charge in [-0.1, -0.05) is 60.1 Å². The summed E-state index contributed by atoms with van der Waals surface area (Å²) >= 11 is 6.33. The Hall–Kier alpha value is -2.00. The summed E-state index contributed by atoms with van der Waals surface area (Å²) in [6.07, 6.45) is 0. The summed E-state index contributed by atoms with van der Waals surface area (Å²) in [5.74, 6) is 0.858. The van der Waals surface area contributed by atoms with E-state index in [1.807, 2.05) is 49.4 Å². The number of rotatable bonds is 5. The molecule has 0 atom stereocenters. The van der Waals surface area contributed by atoms with Gasteiger partial charge in [-0.3, -0.25) is 0 Å². The maximum atomic E-state index is 6.33. The Balaban J connectivity index is 0.00000225. The molecule has 2 N–H and O–H groups in total. The molecule has 0 aromatic heterocycles. The maximum absolute atomic E-state index is 6.33. The van der Waals surface area contributed by atoms with Crippen molar-refractivity contribution in [2.45, 2.75) is 20.1 Å². The Morgan fingerprint density at radius 1 is 0.960 bits per heavy atom. The molecule has 2 nitrogen and oxygen atoms in total. The molecule has 0 aliphatic carbocycles. The highest BCUT2D eigenvalue weighted by Gasteiger charge is 2.12. The number of ether oxygens (including phenoxy) is 1. The van der Waals surface area contributed by atoms with Crippen molar-refractivity contribution < 1.29 is 4.74 Å². The van der Waals surface area contributed by atoms with Crippen LogP contribution >= 0.6 is 24.0 Å². The van der Waals surface area contributed by atoms with Crippen LogP contribution < -0.4 is 10.5 Å². The number of aryl methyl sites for hydroxylation is 1. The lowest BCUT2D eigenvalue weighted by Crippen LogP contribution is -2.05. The monoisotopic (exact) mass is 373 g/mol. The van der Waals surface area contributed by atoms with Crippen molar-refractivity contribution in [3.63, 3.8) is 0 Å². The van der Waals surface area contributed by atoms with E-state index in [0.29, 0.717) is 13.2 Å². The number of hydrogen-bond donors (Lipinski definition) is 1. The number of nitrogens with two attached hydrogens (primary N) is 1. The van der Waals surface area contributed by atoms with Crippen molar-refractivity contribution in [3.05, 3.63) is 88.4 Å². The highest BCUT2D eigenvalue weighted by molar-refractivity contribution is 6.33. The zero-order valence-corrected chi connectivity index (χ0v) is 15.6. The molecule has 0 radical (unpaired) electrons. The molecule has 0 amide bonds. The van der Waals surface area contributed by atoms with Crippen LogP contribution in [-0.2, 0) is 13.2 Å². The Kier molecular flexibility index (Phi) is 6.89. The van der Waals surface area contributed by atoms with Gasteiger partial charge in [-0.15, -0.1) is 12.4 Å². The lowest BCUT2D eigenvalue weighted by molar-refractivity contribution is 0.301. The zero-order valence-electron chi connectivity index (χ0n) is 14.0. The minimum atomic E-state index is 0. The Bertz CT molecular complexity index is 835. The van der Waals surface area contributed by atoms with Gasteiger partial charge in [0.1, 0.15) is 12.4 Å². The average Bonchev–Trinajstić information content (AvgIpc) is 2.61. The molecule has 0 aliphatic rings. The molecule has 4 heteroatoms. The normalized spacial score (nSPS) is 10.2. The van der Waals surface area contributed by atoms with E-state index >= 15 is 0 Å². The molecule has 3 aromatic carbocycles. The predicted octanol–water partition coefficient (Wildman–Crippen LogP) is 5.77. The molecule has 0 bridgehead atoms. The highest BCUT2D eigenvalue weighted by Crippen LogP contribution is 2.34. The summed E-state index contributed by atoms with van der Waals surface area (Å²) in [5, 5.41) is 0.734. The van der Waals surface area contributed by atoms with Crippen LogP contribution in [0, 0.1) is 6.92 Å². The molecule has 0 fully saturated rings. The van der Waals surface area contributed by atoms with E-state index in [-0.39, 0.29) is 12.4 Å². The summed E-state index contributed by atoms with van der Waals surface area (Å²) < 4.78 is 6.05. The average molecular weight is 374 g/mol. The van der Waals surface area contributed by atoms with Crippen molar-refractivity contribution in [2.75, 3.05) is 0 Å². The van der Waals surface area contributed by atoms with Crippen molar-refractivity contribution in [1.29, 1.82) is 0 Å². The number of benzene rings is 3. The Morgan fingerprint density at radius 3 is 2.32 bits per heavy atom. The third-order valence-corrected chi connectivity index (χ3v) is 4.31. The van der Waals surface area contributed by atoms with Crippen LogP contribution in [0.4, 0.5) is 0 Å². The van der Waals surface area contributed by atoms with Crippen LogP contribution in [0.2, 0.25) is 5.02 Å². The third kappa shape index (κ3) is 4.55. The fraction of sp³-hybridized carbons (Fsp3) is 0.143. The summed E-state index contributed by atoms with van der Waals surface area (Å²) in [6.45, 7) is 2.99. The van der Waals surface area contributed by atoms with E-state index in [0.717, 1.165) is 38.6 Å². The first-order valence-corrected chi connectivity index (χ1v) is 8.32. The number of hydrogen-bond acceptors (Lipinski definition) is 2. The van der Waals surface area contributed by atoms with Gasteiger partial charge in [-0.25, -0.2) is 0 Å². The minimum absolute atomic E-state index is 0.